The number of carbonyl (C=O) groups excluding carboxylic acids is 1. The lowest BCUT2D eigenvalue weighted by Gasteiger charge is -2.17. The number of carbonyl (C=O) groups is 1. The van der Waals surface area contributed by atoms with Gasteiger partial charge in [-0.3, -0.25) is 4.79 Å². The molecule has 1 heterocycles. The highest BCUT2D eigenvalue weighted by Gasteiger charge is 2.22. The lowest BCUT2D eigenvalue weighted by Crippen LogP contribution is -2.11. The SMILES string of the molecule is [B]/C=C1\SCc2cc(F)c(C)cc2C1=O. The molecule has 2 radical (unpaired) electrons. The summed E-state index contributed by atoms with van der Waals surface area (Å²) in [7, 11) is 5.34. The van der Waals surface area contributed by atoms with E-state index in [2.05, 4.69) is 0 Å². The van der Waals surface area contributed by atoms with Crippen molar-refractivity contribution in [1.82, 2.24) is 0 Å². The largest absolute Gasteiger partial charge is 0.288 e. The van der Waals surface area contributed by atoms with Gasteiger partial charge in [0, 0.05) is 16.2 Å². The minimum atomic E-state index is -0.262. The Hall–Kier alpha value is -1.03. The number of halogens is 1. The van der Waals surface area contributed by atoms with Gasteiger partial charge in [-0.1, -0.05) is 0 Å². The van der Waals surface area contributed by atoms with Crippen molar-refractivity contribution in [3.8, 4) is 0 Å². The minimum Gasteiger partial charge on any atom is -0.288 e. The number of hydrogen-bond donors (Lipinski definition) is 0. The Labute approximate surface area is 93.2 Å². The number of aryl methyl sites for hydroxylation is 1. The number of thioether (sulfide) groups is 1. The number of fused-ring (bicyclic) bond motifs is 1. The molecule has 0 N–H and O–H groups in total. The van der Waals surface area contributed by atoms with Crippen LogP contribution in [0.25, 0.3) is 0 Å². The van der Waals surface area contributed by atoms with Crippen LogP contribution < -0.4 is 0 Å². The molecule has 1 nitrogen and oxygen atoms in total. The van der Waals surface area contributed by atoms with Gasteiger partial charge in [-0.25, -0.2) is 4.39 Å². The molecule has 0 saturated heterocycles. The van der Waals surface area contributed by atoms with Gasteiger partial charge in [-0.15, -0.1) is 17.7 Å². The highest BCUT2D eigenvalue weighted by molar-refractivity contribution is 8.03. The van der Waals surface area contributed by atoms with Gasteiger partial charge in [-0.2, -0.15) is 0 Å². The van der Waals surface area contributed by atoms with Crippen LogP contribution in [0.2, 0.25) is 0 Å². The zero-order valence-electron chi connectivity index (χ0n) is 8.21. The third-order valence-corrected chi connectivity index (χ3v) is 3.48. The van der Waals surface area contributed by atoms with Crippen molar-refractivity contribution in [3.63, 3.8) is 0 Å². The lowest BCUT2D eigenvalue weighted by atomic mass is 9.98. The van der Waals surface area contributed by atoms with Gasteiger partial charge in [0.25, 0.3) is 0 Å². The number of Topliss-reactive ketones (excluding diaryl/α,β-unsaturated/α-hetero) is 1. The van der Waals surface area contributed by atoms with Crippen molar-refractivity contribution in [1.29, 1.82) is 0 Å². The molecule has 0 saturated carbocycles. The van der Waals surface area contributed by atoms with E-state index in [4.69, 9.17) is 7.85 Å². The Morgan fingerprint density at radius 2 is 2.27 bits per heavy atom. The Bertz CT molecular complexity index is 468. The molecular weight excluding hydrogens is 210 g/mol. The highest BCUT2D eigenvalue weighted by Crippen LogP contribution is 2.33. The Morgan fingerprint density at radius 3 is 2.93 bits per heavy atom. The van der Waals surface area contributed by atoms with E-state index in [0.717, 1.165) is 5.56 Å². The smallest absolute Gasteiger partial charge is 0.198 e. The third kappa shape index (κ3) is 1.74. The molecule has 0 amide bonds. The fourth-order valence-electron chi connectivity index (χ4n) is 1.53. The van der Waals surface area contributed by atoms with E-state index >= 15 is 0 Å². The predicted octanol–water partition coefficient (Wildman–Crippen LogP) is 2.57. The first kappa shape index (κ1) is 10.5. The van der Waals surface area contributed by atoms with Crippen molar-refractivity contribution >= 4 is 25.4 Å². The molecule has 1 aromatic carbocycles. The zero-order chi connectivity index (χ0) is 11.0. The van der Waals surface area contributed by atoms with E-state index in [-0.39, 0.29) is 11.6 Å². The number of rotatable bonds is 0. The standard InChI is InChI=1S/C11H8BFOS/c1-6-2-8-7(3-9(6)13)5-15-10(4-12)11(8)14/h2-4H,5H2,1H3/b10-4-. The Morgan fingerprint density at radius 1 is 1.53 bits per heavy atom. The van der Waals surface area contributed by atoms with E-state index in [1.54, 1.807) is 13.0 Å². The summed E-state index contributed by atoms with van der Waals surface area (Å²) in [6, 6.07) is 3.03. The summed E-state index contributed by atoms with van der Waals surface area (Å²) in [6.45, 7) is 1.65. The molecule has 0 aliphatic carbocycles. The van der Waals surface area contributed by atoms with Gasteiger partial charge in [-0.05, 0) is 30.2 Å². The molecule has 0 aromatic heterocycles. The van der Waals surface area contributed by atoms with E-state index in [1.807, 2.05) is 0 Å². The van der Waals surface area contributed by atoms with E-state index in [0.29, 0.717) is 21.8 Å². The van der Waals surface area contributed by atoms with Gasteiger partial charge in [0.2, 0.25) is 0 Å². The second kappa shape index (κ2) is 3.85. The highest BCUT2D eigenvalue weighted by atomic mass is 32.2. The van der Waals surface area contributed by atoms with E-state index < -0.39 is 0 Å². The molecule has 2 rings (SSSR count). The number of allylic oxidation sites excluding steroid dienone is 1. The monoisotopic (exact) mass is 218 g/mol. The van der Waals surface area contributed by atoms with Crippen LogP contribution in [0.4, 0.5) is 4.39 Å². The average Bonchev–Trinajstić information content (AvgIpc) is 2.22. The molecule has 0 fully saturated rings. The molecular formula is C11H8BFOS. The van der Waals surface area contributed by atoms with Crippen LogP contribution >= 0.6 is 11.8 Å². The molecule has 15 heavy (non-hydrogen) atoms. The summed E-state index contributed by atoms with van der Waals surface area (Å²) >= 11 is 1.35. The Kier molecular flexibility index (Phi) is 2.69. The topological polar surface area (TPSA) is 17.1 Å². The van der Waals surface area contributed by atoms with Crippen molar-refractivity contribution < 1.29 is 9.18 Å². The van der Waals surface area contributed by atoms with Crippen molar-refractivity contribution in [2.24, 2.45) is 0 Å². The van der Waals surface area contributed by atoms with Crippen molar-refractivity contribution in [2.45, 2.75) is 12.7 Å². The molecule has 0 unspecified atom stereocenters. The van der Waals surface area contributed by atoms with Crippen LogP contribution in [0.3, 0.4) is 0 Å². The second-order valence-corrected chi connectivity index (χ2v) is 4.42. The molecule has 0 atom stereocenters. The van der Waals surface area contributed by atoms with Crippen LogP contribution in [0.1, 0.15) is 21.5 Å². The van der Waals surface area contributed by atoms with E-state index in [9.17, 15) is 9.18 Å². The molecule has 4 heteroatoms. The first-order chi connectivity index (χ1) is 7.13. The van der Waals surface area contributed by atoms with Crippen molar-refractivity contribution in [2.75, 3.05) is 0 Å². The van der Waals surface area contributed by atoms with Crippen LogP contribution in [0.15, 0.2) is 23.0 Å². The van der Waals surface area contributed by atoms with Crippen molar-refractivity contribution in [3.05, 3.63) is 45.5 Å². The number of hydrogen-bond acceptors (Lipinski definition) is 2. The van der Waals surface area contributed by atoms with Crippen LogP contribution in [-0.4, -0.2) is 13.6 Å². The van der Waals surface area contributed by atoms with Crippen LogP contribution in [0.5, 0.6) is 0 Å². The summed E-state index contributed by atoms with van der Waals surface area (Å²) in [5, 5.41) is 0. The third-order valence-electron chi connectivity index (χ3n) is 2.39. The summed E-state index contributed by atoms with van der Waals surface area (Å²) in [4.78, 5) is 12.4. The second-order valence-electron chi connectivity index (χ2n) is 3.41. The summed E-state index contributed by atoms with van der Waals surface area (Å²) in [5.74, 6) is 1.55. The maximum atomic E-state index is 13.3. The maximum absolute atomic E-state index is 13.3. The predicted molar refractivity (Wildman–Crippen MR) is 60.6 cm³/mol. The number of benzene rings is 1. The first-order valence-corrected chi connectivity index (χ1v) is 5.50. The van der Waals surface area contributed by atoms with Crippen LogP contribution in [-0.2, 0) is 5.75 Å². The van der Waals surface area contributed by atoms with Gasteiger partial charge >= 0.3 is 0 Å². The summed E-state index contributed by atoms with van der Waals surface area (Å²) in [6.07, 6.45) is 0. The van der Waals surface area contributed by atoms with Crippen LogP contribution in [0, 0.1) is 12.7 Å². The van der Waals surface area contributed by atoms with Gasteiger partial charge in [0.15, 0.2) is 5.78 Å². The summed E-state index contributed by atoms with van der Waals surface area (Å²) < 4.78 is 13.3. The maximum Gasteiger partial charge on any atom is 0.198 e. The zero-order valence-corrected chi connectivity index (χ0v) is 9.03. The quantitative estimate of drug-likeness (QED) is 0.491. The minimum absolute atomic E-state index is 0.105. The molecule has 1 aliphatic rings. The normalized spacial score (nSPS) is 18.0. The summed E-state index contributed by atoms with van der Waals surface area (Å²) in [5.41, 5.74) is 1.81. The van der Waals surface area contributed by atoms with Gasteiger partial charge in [0.1, 0.15) is 13.7 Å². The van der Waals surface area contributed by atoms with Gasteiger partial charge < -0.3 is 0 Å². The molecule has 0 spiro atoms. The van der Waals surface area contributed by atoms with Gasteiger partial charge in [0.05, 0.1) is 0 Å². The fraction of sp³-hybridized carbons (Fsp3) is 0.182. The molecule has 74 valence electrons. The Balaban J connectivity index is 2.57. The fourth-order valence-corrected chi connectivity index (χ4v) is 2.42. The van der Waals surface area contributed by atoms with E-state index in [1.165, 1.54) is 23.8 Å². The average molecular weight is 218 g/mol. The lowest BCUT2D eigenvalue weighted by molar-refractivity contribution is 0.104. The first-order valence-electron chi connectivity index (χ1n) is 4.52. The number of ketones is 1. The molecule has 0 bridgehead atoms. The molecule has 1 aromatic rings. The molecule has 1 aliphatic heterocycles.